The van der Waals surface area contributed by atoms with Gasteiger partial charge in [0, 0.05) is 13.0 Å². The lowest BCUT2D eigenvalue weighted by atomic mass is 10.1. The summed E-state index contributed by atoms with van der Waals surface area (Å²) in [5.74, 6) is -0.0600. The smallest absolute Gasteiger partial charge is 0.146 e. The molecule has 0 aliphatic rings. The van der Waals surface area contributed by atoms with E-state index in [1.807, 2.05) is 13.8 Å². The van der Waals surface area contributed by atoms with Crippen molar-refractivity contribution >= 4 is 6.29 Å². The summed E-state index contributed by atoms with van der Waals surface area (Å²) in [5.41, 5.74) is 0. The fraction of sp³-hybridized carbons (Fsp3) is 0.857. The summed E-state index contributed by atoms with van der Waals surface area (Å²) in [4.78, 5) is 10.2. The Labute approximate surface area is 61.3 Å². The molecule has 0 saturated heterocycles. The normalized spacial score (nSPS) is 16.3. The van der Waals surface area contributed by atoms with Crippen molar-refractivity contribution in [3.8, 4) is 0 Å². The molecule has 0 radical (unpaired) electrons. The molecule has 0 unspecified atom stereocenters. The molecule has 0 aromatic rings. The van der Waals surface area contributed by atoms with Crippen LogP contribution in [-0.4, -0.2) is 26.3 Å². The van der Waals surface area contributed by atoms with E-state index in [1.165, 1.54) is 0 Å². The molecule has 0 heterocycles. The van der Waals surface area contributed by atoms with Crippen molar-refractivity contribution in [3.63, 3.8) is 0 Å². The van der Waals surface area contributed by atoms with E-state index < -0.39 is 0 Å². The number of carbonyl (C=O) groups is 1. The highest BCUT2D eigenvalue weighted by molar-refractivity contribution is 5.53. The third kappa shape index (κ3) is 3.58. The van der Waals surface area contributed by atoms with Crippen LogP contribution < -0.4 is 0 Å². The second-order valence-electron chi connectivity index (χ2n) is 2.27. The molecule has 0 aliphatic carbocycles. The molecule has 10 heavy (non-hydrogen) atoms. The Morgan fingerprint density at radius 3 is 2.50 bits per heavy atom. The van der Waals surface area contributed by atoms with Crippen LogP contribution in [0.4, 0.5) is 0 Å². The van der Waals surface area contributed by atoms with Crippen LogP contribution >= 0.6 is 0 Å². The van der Waals surface area contributed by atoms with Crippen molar-refractivity contribution in [2.75, 3.05) is 13.9 Å². The third-order valence-electron chi connectivity index (χ3n) is 1.40. The summed E-state index contributed by atoms with van der Waals surface area (Å²) in [6.45, 7) is 3.91. The van der Waals surface area contributed by atoms with Gasteiger partial charge in [0.1, 0.15) is 13.1 Å². The summed E-state index contributed by atoms with van der Waals surface area (Å²) < 4.78 is 9.76. The number of hydrogen-bond donors (Lipinski definition) is 0. The summed E-state index contributed by atoms with van der Waals surface area (Å²) in [7, 11) is 1.55. The molecule has 0 N–H and O–H groups in total. The molecule has 0 aliphatic heterocycles. The van der Waals surface area contributed by atoms with Gasteiger partial charge in [-0.15, -0.1) is 0 Å². The minimum atomic E-state index is -0.0600. The number of aldehydes is 1. The zero-order valence-electron chi connectivity index (χ0n) is 6.66. The lowest BCUT2D eigenvalue weighted by molar-refractivity contribution is -0.120. The highest BCUT2D eigenvalue weighted by Gasteiger charge is 2.10. The molecule has 0 aromatic heterocycles. The van der Waals surface area contributed by atoms with Crippen molar-refractivity contribution in [3.05, 3.63) is 0 Å². The standard InChI is InChI=1S/C7H14O3/c1-6(4-8)7(2)10-5-9-3/h4,6-7H,5H2,1-3H3/t6-,7+/m0/s1. The number of methoxy groups -OCH3 is 1. The highest BCUT2D eigenvalue weighted by Crippen LogP contribution is 2.02. The molecule has 0 spiro atoms. The van der Waals surface area contributed by atoms with E-state index in [9.17, 15) is 4.79 Å². The van der Waals surface area contributed by atoms with Gasteiger partial charge in [0.15, 0.2) is 0 Å². The van der Waals surface area contributed by atoms with Crippen LogP contribution in [-0.2, 0) is 14.3 Å². The summed E-state index contributed by atoms with van der Waals surface area (Å²) in [5, 5.41) is 0. The maximum Gasteiger partial charge on any atom is 0.146 e. The lowest BCUT2D eigenvalue weighted by Crippen LogP contribution is -2.20. The Morgan fingerprint density at radius 1 is 1.50 bits per heavy atom. The van der Waals surface area contributed by atoms with E-state index in [4.69, 9.17) is 4.74 Å². The van der Waals surface area contributed by atoms with E-state index >= 15 is 0 Å². The maximum absolute atomic E-state index is 10.2. The number of hydrogen-bond acceptors (Lipinski definition) is 3. The molecular formula is C7H14O3. The number of carbonyl (C=O) groups excluding carboxylic acids is 1. The Bertz CT molecular complexity index is 92.9. The van der Waals surface area contributed by atoms with Crippen molar-refractivity contribution in [2.24, 2.45) is 5.92 Å². The minimum absolute atomic E-state index is 0.0579. The largest absolute Gasteiger partial charge is 0.359 e. The van der Waals surface area contributed by atoms with Gasteiger partial charge in [-0.1, -0.05) is 6.92 Å². The molecular weight excluding hydrogens is 132 g/mol. The second-order valence-corrected chi connectivity index (χ2v) is 2.27. The summed E-state index contributed by atoms with van der Waals surface area (Å²) in [6, 6.07) is 0. The molecule has 2 atom stereocenters. The first-order valence-electron chi connectivity index (χ1n) is 3.28. The summed E-state index contributed by atoms with van der Waals surface area (Å²) >= 11 is 0. The predicted molar refractivity (Wildman–Crippen MR) is 37.7 cm³/mol. The molecule has 3 nitrogen and oxygen atoms in total. The first-order valence-corrected chi connectivity index (χ1v) is 3.28. The van der Waals surface area contributed by atoms with E-state index in [2.05, 4.69) is 4.74 Å². The van der Waals surface area contributed by atoms with Crippen LogP contribution in [0.2, 0.25) is 0 Å². The van der Waals surface area contributed by atoms with Crippen LogP contribution in [0.5, 0.6) is 0 Å². The first kappa shape index (κ1) is 9.59. The second kappa shape index (κ2) is 5.38. The van der Waals surface area contributed by atoms with Crippen molar-refractivity contribution < 1.29 is 14.3 Å². The van der Waals surface area contributed by atoms with Crippen LogP contribution in [0.15, 0.2) is 0 Å². The molecule has 0 amide bonds. The Hall–Kier alpha value is -0.410. The SMILES string of the molecule is COCO[C@H](C)[C@@H](C)C=O. The number of ether oxygens (including phenoxy) is 2. The van der Waals surface area contributed by atoms with E-state index in [1.54, 1.807) is 7.11 Å². The molecule has 0 bridgehead atoms. The van der Waals surface area contributed by atoms with Gasteiger partial charge in [0.2, 0.25) is 0 Å². The van der Waals surface area contributed by atoms with E-state index in [0.717, 1.165) is 6.29 Å². The molecule has 3 heteroatoms. The monoisotopic (exact) mass is 146 g/mol. The highest BCUT2D eigenvalue weighted by atomic mass is 16.7. The fourth-order valence-electron chi connectivity index (χ4n) is 0.438. The van der Waals surface area contributed by atoms with Gasteiger partial charge in [0.05, 0.1) is 6.10 Å². The topological polar surface area (TPSA) is 35.5 Å². The Morgan fingerprint density at radius 2 is 2.10 bits per heavy atom. The Balaban J connectivity index is 3.40. The van der Waals surface area contributed by atoms with Crippen LogP contribution in [0.3, 0.4) is 0 Å². The molecule has 0 saturated carbocycles. The zero-order chi connectivity index (χ0) is 7.98. The molecule has 0 aromatic carbocycles. The lowest BCUT2D eigenvalue weighted by Gasteiger charge is -2.14. The summed E-state index contributed by atoms with van der Waals surface area (Å²) in [6.07, 6.45) is 0.817. The van der Waals surface area contributed by atoms with Crippen LogP contribution in [0, 0.1) is 5.92 Å². The van der Waals surface area contributed by atoms with Gasteiger partial charge in [0.25, 0.3) is 0 Å². The van der Waals surface area contributed by atoms with Crippen molar-refractivity contribution in [1.82, 2.24) is 0 Å². The van der Waals surface area contributed by atoms with Gasteiger partial charge < -0.3 is 14.3 Å². The number of rotatable bonds is 5. The van der Waals surface area contributed by atoms with Gasteiger partial charge >= 0.3 is 0 Å². The quantitative estimate of drug-likeness (QED) is 0.425. The zero-order valence-corrected chi connectivity index (χ0v) is 6.66. The minimum Gasteiger partial charge on any atom is -0.359 e. The fourth-order valence-corrected chi connectivity index (χ4v) is 0.438. The van der Waals surface area contributed by atoms with E-state index in [-0.39, 0.29) is 18.8 Å². The van der Waals surface area contributed by atoms with Crippen molar-refractivity contribution in [1.29, 1.82) is 0 Å². The third-order valence-corrected chi connectivity index (χ3v) is 1.40. The van der Waals surface area contributed by atoms with E-state index in [0.29, 0.717) is 0 Å². The predicted octanol–water partition coefficient (Wildman–Crippen LogP) is 0.830. The van der Waals surface area contributed by atoms with Crippen molar-refractivity contribution in [2.45, 2.75) is 20.0 Å². The molecule has 0 fully saturated rings. The molecule has 0 rings (SSSR count). The molecule has 60 valence electrons. The van der Waals surface area contributed by atoms with Gasteiger partial charge in [-0.25, -0.2) is 0 Å². The first-order chi connectivity index (χ1) is 4.72. The van der Waals surface area contributed by atoms with Crippen LogP contribution in [0.1, 0.15) is 13.8 Å². The van der Waals surface area contributed by atoms with Gasteiger partial charge in [-0.2, -0.15) is 0 Å². The average molecular weight is 146 g/mol. The maximum atomic E-state index is 10.2. The van der Waals surface area contributed by atoms with Gasteiger partial charge in [-0.05, 0) is 6.92 Å². The van der Waals surface area contributed by atoms with Crippen LogP contribution in [0.25, 0.3) is 0 Å². The Kier molecular flexibility index (Phi) is 5.16. The average Bonchev–Trinajstić information content (AvgIpc) is 1.98. The van der Waals surface area contributed by atoms with Gasteiger partial charge in [-0.3, -0.25) is 0 Å².